The van der Waals surface area contributed by atoms with Crippen LogP contribution in [0.4, 0.5) is 20.7 Å². The Morgan fingerprint density at radius 1 is 1.21 bits per heavy atom. The molecule has 0 bridgehead atoms. The molecule has 0 aliphatic carbocycles. The molecule has 8 nitrogen and oxygen atoms in total. The standard InChI is InChI=1S/C27H26Cl2FN5O3/c1-14(22-18(28)5-6-19(30)23(22)29)38-21-12-16(13-33-24(21)31)15-3-4-17-20(11-15)34-25(36)27(17)7-9-35(10-8-27)26(37)32-2/h3-6,11-14H,7-10H2,1-2H3,(H2,31,33)(H,32,37)(H,34,36)/t14-/m1/s1. The molecule has 0 saturated carbocycles. The van der Waals surface area contributed by atoms with Crippen LogP contribution in [0, 0.1) is 5.82 Å². The van der Waals surface area contributed by atoms with Crippen molar-refractivity contribution in [2.75, 3.05) is 31.2 Å². The maximum atomic E-state index is 14.0. The number of anilines is 2. The normalized spacial score (nSPS) is 16.7. The number of hydrogen-bond acceptors (Lipinski definition) is 5. The first-order chi connectivity index (χ1) is 18.1. The van der Waals surface area contributed by atoms with Gasteiger partial charge in [0.2, 0.25) is 5.91 Å². The molecular formula is C27H26Cl2FN5O3. The maximum Gasteiger partial charge on any atom is 0.317 e. The van der Waals surface area contributed by atoms with Crippen molar-refractivity contribution in [3.63, 3.8) is 0 Å². The second-order valence-corrected chi connectivity index (χ2v) is 10.2. The minimum Gasteiger partial charge on any atom is -0.482 e. The number of hydrogen-bond donors (Lipinski definition) is 3. The number of carbonyl (C=O) groups is 2. The number of rotatable bonds is 4. The van der Waals surface area contributed by atoms with Crippen LogP contribution in [0.25, 0.3) is 11.1 Å². The monoisotopic (exact) mass is 557 g/mol. The first-order valence-corrected chi connectivity index (χ1v) is 12.9. The molecular weight excluding hydrogens is 532 g/mol. The van der Waals surface area contributed by atoms with E-state index in [9.17, 15) is 14.0 Å². The minimum atomic E-state index is -0.704. The van der Waals surface area contributed by atoms with E-state index < -0.39 is 17.3 Å². The van der Waals surface area contributed by atoms with E-state index in [1.165, 1.54) is 12.1 Å². The zero-order valence-electron chi connectivity index (χ0n) is 20.8. The summed E-state index contributed by atoms with van der Waals surface area (Å²) < 4.78 is 20.0. The minimum absolute atomic E-state index is 0.0571. The van der Waals surface area contributed by atoms with E-state index in [4.69, 9.17) is 33.7 Å². The van der Waals surface area contributed by atoms with Crippen LogP contribution < -0.4 is 21.1 Å². The van der Waals surface area contributed by atoms with Crippen LogP contribution in [0.5, 0.6) is 5.75 Å². The number of benzene rings is 2. The van der Waals surface area contributed by atoms with Gasteiger partial charge in [-0.3, -0.25) is 4.79 Å². The number of halogens is 3. The van der Waals surface area contributed by atoms with Gasteiger partial charge < -0.3 is 26.0 Å². The molecule has 3 heterocycles. The van der Waals surface area contributed by atoms with Gasteiger partial charge in [0.25, 0.3) is 0 Å². The number of aromatic nitrogens is 1. The lowest BCUT2D eigenvalue weighted by Crippen LogP contribution is -2.50. The number of ether oxygens (including phenoxy) is 1. The van der Waals surface area contributed by atoms with Gasteiger partial charge in [-0.1, -0.05) is 35.3 Å². The lowest BCUT2D eigenvalue weighted by atomic mass is 9.73. The van der Waals surface area contributed by atoms with Gasteiger partial charge in [-0.25, -0.2) is 14.2 Å². The molecule has 1 atom stereocenters. The number of pyridine rings is 1. The Morgan fingerprint density at radius 3 is 2.66 bits per heavy atom. The third-order valence-electron chi connectivity index (χ3n) is 7.34. The molecule has 38 heavy (non-hydrogen) atoms. The number of nitrogen functional groups attached to an aromatic ring is 1. The summed E-state index contributed by atoms with van der Waals surface area (Å²) in [7, 11) is 1.60. The largest absolute Gasteiger partial charge is 0.482 e. The number of fused-ring (bicyclic) bond motifs is 2. The van der Waals surface area contributed by atoms with Gasteiger partial charge in [0.15, 0.2) is 11.6 Å². The third-order valence-corrected chi connectivity index (χ3v) is 8.05. The summed E-state index contributed by atoms with van der Waals surface area (Å²) in [6.45, 7) is 2.68. The zero-order chi connectivity index (χ0) is 27.2. The van der Waals surface area contributed by atoms with E-state index in [1.54, 1.807) is 31.1 Å². The lowest BCUT2D eigenvalue weighted by molar-refractivity contribution is -0.122. The van der Waals surface area contributed by atoms with Crippen LogP contribution in [-0.2, 0) is 10.2 Å². The van der Waals surface area contributed by atoms with Crippen molar-refractivity contribution in [3.05, 3.63) is 69.6 Å². The van der Waals surface area contributed by atoms with Crippen LogP contribution in [-0.4, -0.2) is 42.0 Å². The predicted molar refractivity (Wildman–Crippen MR) is 145 cm³/mol. The fraction of sp³-hybridized carbons (Fsp3) is 0.296. The van der Waals surface area contributed by atoms with Crippen molar-refractivity contribution in [2.24, 2.45) is 0 Å². The highest BCUT2D eigenvalue weighted by Gasteiger charge is 2.49. The molecule has 2 aliphatic rings. The van der Waals surface area contributed by atoms with E-state index in [0.29, 0.717) is 37.1 Å². The molecule has 3 aromatic rings. The first-order valence-electron chi connectivity index (χ1n) is 12.1. The van der Waals surface area contributed by atoms with Crippen molar-refractivity contribution < 1.29 is 18.7 Å². The fourth-order valence-corrected chi connectivity index (χ4v) is 5.90. The van der Waals surface area contributed by atoms with Crippen LogP contribution >= 0.6 is 23.2 Å². The van der Waals surface area contributed by atoms with Gasteiger partial charge in [0.1, 0.15) is 11.9 Å². The number of urea groups is 1. The molecule has 11 heteroatoms. The first kappa shape index (κ1) is 26.1. The summed E-state index contributed by atoms with van der Waals surface area (Å²) in [6, 6.07) is 9.98. The van der Waals surface area contributed by atoms with Gasteiger partial charge in [-0.05, 0) is 55.2 Å². The van der Waals surface area contributed by atoms with Gasteiger partial charge in [-0.15, -0.1) is 0 Å². The van der Waals surface area contributed by atoms with Crippen LogP contribution in [0.3, 0.4) is 0 Å². The lowest BCUT2D eigenvalue weighted by Gasteiger charge is -2.37. The summed E-state index contributed by atoms with van der Waals surface area (Å²) in [5, 5.41) is 5.82. The van der Waals surface area contributed by atoms with E-state index in [1.807, 2.05) is 18.2 Å². The van der Waals surface area contributed by atoms with Gasteiger partial charge in [-0.2, -0.15) is 0 Å². The number of likely N-dealkylation sites (tertiary alicyclic amines) is 1. The summed E-state index contributed by atoms with van der Waals surface area (Å²) in [5.41, 5.74) is 8.89. The number of nitrogens with zero attached hydrogens (tertiary/aromatic N) is 2. The molecule has 0 unspecified atom stereocenters. The van der Waals surface area contributed by atoms with Crippen LogP contribution in [0.2, 0.25) is 10.0 Å². The number of carbonyl (C=O) groups excluding carboxylic acids is 2. The van der Waals surface area contributed by atoms with E-state index >= 15 is 0 Å². The Morgan fingerprint density at radius 2 is 1.95 bits per heavy atom. The Hall–Kier alpha value is -3.56. The molecule has 1 aromatic heterocycles. The Bertz CT molecular complexity index is 1440. The van der Waals surface area contributed by atoms with Crippen molar-refractivity contribution in [1.29, 1.82) is 0 Å². The molecule has 2 aliphatic heterocycles. The van der Waals surface area contributed by atoms with Crippen LogP contribution in [0.1, 0.15) is 37.0 Å². The number of piperidine rings is 1. The second-order valence-electron chi connectivity index (χ2n) is 9.46. The summed E-state index contributed by atoms with van der Waals surface area (Å²) in [5.74, 6) is -0.216. The molecule has 1 spiro atoms. The smallest absolute Gasteiger partial charge is 0.317 e. The molecule has 5 rings (SSSR count). The number of nitrogens with two attached hydrogens (primary N) is 1. The SMILES string of the molecule is CNC(=O)N1CCC2(CC1)C(=O)Nc1cc(-c3cnc(N)c(O[C@H](C)c4c(Cl)ccc(F)c4Cl)c3)ccc12. The number of nitrogens with one attached hydrogen (secondary N) is 2. The van der Waals surface area contributed by atoms with Crippen molar-refractivity contribution in [1.82, 2.24) is 15.2 Å². The Balaban J connectivity index is 1.41. The average molecular weight is 558 g/mol. The summed E-state index contributed by atoms with van der Waals surface area (Å²) in [6.07, 6.45) is 2.00. The second kappa shape index (κ2) is 9.96. The van der Waals surface area contributed by atoms with Gasteiger partial charge in [0, 0.05) is 48.2 Å². The van der Waals surface area contributed by atoms with Gasteiger partial charge in [0.05, 0.1) is 10.4 Å². The highest BCUT2D eigenvalue weighted by Crippen LogP contribution is 2.46. The average Bonchev–Trinajstić information content (AvgIpc) is 3.17. The molecule has 3 amide bonds. The maximum absolute atomic E-state index is 14.0. The highest BCUT2D eigenvalue weighted by atomic mass is 35.5. The van der Waals surface area contributed by atoms with Crippen molar-refractivity contribution in [2.45, 2.75) is 31.3 Å². The quantitative estimate of drug-likeness (QED) is 0.365. The Kier molecular flexibility index (Phi) is 6.83. The highest BCUT2D eigenvalue weighted by molar-refractivity contribution is 6.36. The topological polar surface area (TPSA) is 110 Å². The Labute approximate surface area is 229 Å². The van der Waals surface area contributed by atoms with Crippen molar-refractivity contribution in [3.8, 4) is 16.9 Å². The fourth-order valence-electron chi connectivity index (χ4n) is 5.23. The summed E-state index contributed by atoms with van der Waals surface area (Å²) >= 11 is 12.4. The molecule has 1 fully saturated rings. The molecule has 0 radical (unpaired) electrons. The predicted octanol–water partition coefficient (Wildman–Crippen LogP) is 5.54. The van der Waals surface area contributed by atoms with E-state index in [2.05, 4.69) is 15.6 Å². The number of amides is 3. The van der Waals surface area contributed by atoms with Crippen molar-refractivity contribution >= 4 is 46.6 Å². The van der Waals surface area contributed by atoms with E-state index in [-0.39, 0.29) is 33.6 Å². The van der Waals surface area contributed by atoms with Crippen LogP contribution in [0.15, 0.2) is 42.6 Å². The molecule has 2 aromatic carbocycles. The summed E-state index contributed by atoms with van der Waals surface area (Å²) in [4.78, 5) is 31.1. The molecule has 4 N–H and O–H groups in total. The van der Waals surface area contributed by atoms with E-state index in [0.717, 1.165) is 16.8 Å². The third kappa shape index (κ3) is 4.39. The van der Waals surface area contributed by atoms with Gasteiger partial charge >= 0.3 is 6.03 Å². The zero-order valence-corrected chi connectivity index (χ0v) is 22.3. The molecule has 198 valence electrons. The molecule has 1 saturated heterocycles.